The molecule has 3 heterocycles. The molecule has 12 heteroatoms. The normalized spacial score (nSPS) is 20.9. The quantitative estimate of drug-likeness (QED) is 0.601. The molecule has 0 saturated carbocycles. The predicted octanol–water partition coefficient (Wildman–Crippen LogP) is 2.26. The zero-order valence-electron chi connectivity index (χ0n) is 12.1. The van der Waals surface area contributed by atoms with E-state index in [4.69, 9.17) is 4.67 Å². The number of hydrogen-bond donors (Lipinski definition) is 1. The highest BCUT2D eigenvalue weighted by atomic mass is 32.1. The molecule has 2 unspecified atom stereocenters. The van der Waals surface area contributed by atoms with Gasteiger partial charge in [0.15, 0.2) is 11.2 Å². The number of aromatic amines is 1. The molecule has 2 aromatic rings. The Labute approximate surface area is 138 Å². The molecule has 0 aliphatic carbocycles. The number of H-pyrrole nitrogens is 1. The largest absolute Gasteiger partial charge is 0.329 e. The lowest BCUT2D eigenvalue weighted by Crippen LogP contribution is -2.17. The molecule has 0 spiro atoms. The van der Waals surface area contributed by atoms with Gasteiger partial charge in [-0.05, 0) is 11.1 Å². The molecule has 0 bridgehead atoms. The van der Waals surface area contributed by atoms with Gasteiger partial charge in [-0.2, -0.15) is 4.67 Å². The molecule has 1 aliphatic heterocycles. The number of nitrogens with one attached hydrogen (secondary N) is 1. The number of fused-ring (bicyclic) bond motifs is 1. The van der Waals surface area contributed by atoms with Gasteiger partial charge in [-0.25, -0.2) is 9.97 Å². The van der Waals surface area contributed by atoms with Crippen molar-refractivity contribution >= 4 is 27.4 Å². The molecule has 2 aromatic heterocycles. The molecule has 10 nitrogen and oxygen atoms in total. The number of nitrogens with zero attached hydrogens (tertiary/aromatic N) is 3. The Morgan fingerprint density at radius 1 is 1.17 bits per heavy atom. The van der Waals surface area contributed by atoms with Crippen molar-refractivity contribution in [2.75, 3.05) is 6.16 Å². The maximum Gasteiger partial charge on any atom is 0.285 e. The lowest BCUT2D eigenvalue weighted by molar-refractivity contribution is -0.681. The topological polar surface area (TPSA) is 110 Å². The molecule has 126 valence electrons. The lowest BCUT2D eigenvalue weighted by Gasteiger charge is -2.15. The number of allylic oxidation sites excluding steroid dienone is 5. The van der Waals surface area contributed by atoms with E-state index in [1.54, 1.807) is 18.2 Å². The van der Waals surface area contributed by atoms with E-state index in [1.807, 2.05) is 12.2 Å². The van der Waals surface area contributed by atoms with E-state index in [9.17, 15) is 4.79 Å². The Hall–Kier alpha value is -1.93. The Morgan fingerprint density at radius 2 is 2.08 bits per heavy atom. The van der Waals surface area contributed by atoms with Crippen LogP contribution in [0.2, 0.25) is 0 Å². The molecule has 0 aromatic carbocycles. The van der Waals surface area contributed by atoms with Crippen molar-refractivity contribution in [3.63, 3.8) is 0 Å². The molecule has 0 radical (unpaired) electrons. The maximum atomic E-state index is 12.5. The molecular weight excluding hydrogens is 358 g/mol. The van der Waals surface area contributed by atoms with Gasteiger partial charge in [-0.3, -0.25) is 9.13 Å². The summed E-state index contributed by atoms with van der Waals surface area (Å²) in [4.78, 5) is 28.0. The minimum Gasteiger partial charge on any atom is -0.329 e. The molecule has 1 aliphatic rings. The van der Waals surface area contributed by atoms with Crippen molar-refractivity contribution in [1.29, 1.82) is 0 Å². The van der Waals surface area contributed by atoms with Gasteiger partial charge in [-0.1, -0.05) is 24.3 Å². The van der Waals surface area contributed by atoms with Crippen LogP contribution < -0.4 is 5.56 Å². The van der Waals surface area contributed by atoms with Crippen LogP contribution in [-0.4, -0.2) is 25.5 Å². The van der Waals surface area contributed by atoms with Gasteiger partial charge in [0.1, 0.15) is 21.1 Å². The van der Waals surface area contributed by atoms with Crippen LogP contribution in [0.5, 0.6) is 0 Å². The fourth-order valence-corrected chi connectivity index (χ4v) is 4.60. The molecule has 24 heavy (non-hydrogen) atoms. The van der Waals surface area contributed by atoms with Crippen LogP contribution in [0.1, 0.15) is 0 Å². The van der Waals surface area contributed by atoms with Gasteiger partial charge in [0, 0.05) is 16.2 Å². The van der Waals surface area contributed by atoms with Crippen LogP contribution in [0.4, 0.5) is 0 Å². The SMILES string of the molecule is O=c1c2nc[nH]c2ncn1P1CC=CC=CC=COOOOOP1. The van der Waals surface area contributed by atoms with Crippen LogP contribution >= 0.6 is 16.3 Å². The summed E-state index contributed by atoms with van der Waals surface area (Å²) in [5, 5.41) is 12.8. The second-order valence-electron chi connectivity index (χ2n) is 4.19. The molecule has 0 amide bonds. The van der Waals surface area contributed by atoms with Crippen LogP contribution in [0, 0.1) is 0 Å². The molecular formula is C12H12N4O6P2. The predicted molar refractivity (Wildman–Crippen MR) is 86.5 cm³/mol. The Morgan fingerprint density at radius 3 is 3.04 bits per heavy atom. The zero-order chi connectivity index (χ0) is 16.6. The fourth-order valence-electron chi connectivity index (χ4n) is 1.72. The van der Waals surface area contributed by atoms with Crippen molar-refractivity contribution in [2.45, 2.75) is 0 Å². The van der Waals surface area contributed by atoms with E-state index >= 15 is 0 Å². The van der Waals surface area contributed by atoms with Crippen molar-refractivity contribution in [2.24, 2.45) is 0 Å². The van der Waals surface area contributed by atoms with Crippen molar-refractivity contribution in [3.8, 4) is 0 Å². The third-order valence-corrected chi connectivity index (χ3v) is 6.50. The number of imidazole rings is 1. The number of rotatable bonds is 1. The summed E-state index contributed by atoms with van der Waals surface area (Å²) in [6.45, 7) is 0. The standard InChI is InChI=1S/C12H12N4O6P2/c17-12-10-11(14-8-13-10)15-9-16(12)24-7-5-3-1-2-4-6-18-19-20-21-22-23-24/h1-6,8-9,23H,7H2,(H,13,14). The highest BCUT2D eigenvalue weighted by Crippen LogP contribution is 2.56. The van der Waals surface area contributed by atoms with Crippen LogP contribution in [0.15, 0.2) is 54.1 Å². The summed E-state index contributed by atoms with van der Waals surface area (Å²) < 4.78 is 6.43. The van der Waals surface area contributed by atoms with Crippen molar-refractivity contribution in [1.82, 2.24) is 19.3 Å². The van der Waals surface area contributed by atoms with Crippen LogP contribution in [0.25, 0.3) is 11.2 Å². The Bertz CT molecular complexity index is 817. The first kappa shape index (κ1) is 16.9. The summed E-state index contributed by atoms with van der Waals surface area (Å²) in [6, 6.07) is 0. The highest BCUT2D eigenvalue weighted by Gasteiger charge is 2.16. The number of hydrogen-bond acceptors (Lipinski definition) is 8. The monoisotopic (exact) mass is 370 g/mol. The summed E-state index contributed by atoms with van der Waals surface area (Å²) >= 11 is 0. The third-order valence-electron chi connectivity index (χ3n) is 2.74. The summed E-state index contributed by atoms with van der Waals surface area (Å²) in [6.07, 6.45) is 13.6. The minimum atomic E-state index is -1.10. The first-order valence-electron chi connectivity index (χ1n) is 6.61. The van der Waals surface area contributed by atoms with Gasteiger partial charge < -0.3 is 9.87 Å². The molecule has 0 saturated heterocycles. The van der Waals surface area contributed by atoms with E-state index in [2.05, 4.69) is 35.0 Å². The Balaban J connectivity index is 1.82. The second kappa shape index (κ2) is 8.79. The fraction of sp³-hybridized carbons (Fsp3) is 0.0833. The first-order valence-corrected chi connectivity index (χ1v) is 9.84. The van der Waals surface area contributed by atoms with Crippen LogP contribution in [0.3, 0.4) is 0 Å². The summed E-state index contributed by atoms with van der Waals surface area (Å²) in [7, 11) is -1.30. The van der Waals surface area contributed by atoms with E-state index in [1.165, 1.54) is 23.3 Å². The van der Waals surface area contributed by atoms with Gasteiger partial charge in [0.05, 0.1) is 14.1 Å². The van der Waals surface area contributed by atoms with Gasteiger partial charge in [0.2, 0.25) is 0 Å². The molecule has 3 rings (SSSR count). The van der Waals surface area contributed by atoms with Crippen molar-refractivity contribution < 1.29 is 24.7 Å². The maximum absolute atomic E-state index is 12.5. The highest BCUT2D eigenvalue weighted by molar-refractivity contribution is 8.18. The van der Waals surface area contributed by atoms with E-state index in [-0.39, 0.29) is 19.6 Å². The van der Waals surface area contributed by atoms with Gasteiger partial charge >= 0.3 is 0 Å². The lowest BCUT2D eigenvalue weighted by atomic mass is 10.4. The summed E-state index contributed by atoms with van der Waals surface area (Å²) in [5.41, 5.74) is 0.456. The van der Waals surface area contributed by atoms with E-state index < -0.39 is 7.76 Å². The van der Waals surface area contributed by atoms with Gasteiger partial charge in [-0.15, -0.1) is 0 Å². The van der Waals surface area contributed by atoms with Crippen LogP contribution in [-0.2, 0) is 24.7 Å². The third kappa shape index (κ3) is 4.33. The van der Waals surface area contributed by atoms with Crippen molar-refractivity contribution in [3.05, 3.63) is 59.7 Å². The average molecular weight is 370 g/mol. The number of aromatic nitrogens is 4. The van der Waals surface area contributed by atoms with E-state index in [0.717, 1.165) is 0 Å². The summed E-state index contributed by atoms with van der Waals surface area (Å²) in [5.74, 6) is 0. The average Bonchev–Trinajstić information content (AvgIpc) is 3.07. The zero-order valence-corrected chi connectivity index (χ0v) is 14.0. The van der Waals surface area contributed by atoms with E-state index in [0.29, 0.717) is 11.8 Å². The second-order valence-corrected chi connectivity index (χ2v) is 8.23. The molecule has 0 fully saturated rings. The van der Waals surface area contributed by atoms with Gasteiger partial charge in [0.25, 0.3) is 5.56 Å². The molecule has 2 atom stereocenters. The first-order chi connectivity index (χ1) is 11.9. The minimum absolute atomic E-state index is 0.207. The smallest absolute Gasteiger partial charge is 0.285 e. The molecule has 1 N–H and O–H groups in total. The Kier molecular flexibility index (Phi) is 6.20.